The zero-order valence-electron chi connectivity index (χ0n) is 17.6. The van der Waals surface area contributed by atoms with Gasteiger partial charge in [0.1, 0.15) is 12.4 Å². The summed E-state index contributed by atoms with van der Waals surface area (Å²) in [5.41, 5.74) is 2.23. The minimum atomic E-state index is -0.200. The average Bonchev–Trinajstić information content (AvgIpc) is 3.11. The number of methoxy groups -OCH3 is 1. The second-order valence-corrected chi connectivity index (χ2v) is 7.55. The minimum Gasteiger partial charge on any atom is -0.385 e. The summed E-state index contributed by atoms with van der Waals surface area (Å²) in [5.74, 6) is 0.558. The normalized spacial score (nSPS) is 10.9. The van der Waals surface area contributed by atoms with Gasteiger partial charge in [-0.3, -0.25) is 9.59 Å². The summed E-state index contributed by atoms with van der Waals surface area (Å²) in [6.07, 6.45) is 2.09. The van der Waals surface area contributed by atoms with Crippen LogP contribution in [-0.4, -0.2) is 48.2 Å². The van der Waals surface area contributed by atoms with Crippen molar-refractivity contribution in [2.45, 2.75) is 25.8 Å². The number of aromatic nitrogens is 2. The highest BCUT2D eigenvalue weighted by molar-refractivity contribution is 6.33. The Hall–Kier alpha value is -2.90. The molecule has 0 spiro atoms. The molecule has 0 atom stereocenters. The van der Waals surface area contributed by atoms with Crippen LogP contribution in [0.15, 0.2) is 48.5 Å². The van der Waals surface area contributed by atoms with Gasteiger partial charge in [0, 0.05) is 33.2 Å². The number of para-hydroxylation sites is 2. The Morgan fingerprint density at radius 3 is 2.58 bits per heavy atom. The lowest BCUT2D eigenvalue weighted by atomic mass is 10.2. The summed E-state index contributed by atoms with van der Waals surface area (Å²) in [6.45, 7) is 1.87. The Morgan fingerprint density at radius 2 is 1.77 bits per heavy atom. The van der Waals surface area contributed by atoms with Gasteiger partial charge < -0.3 is 19.9 Å². The number of benzene rings is 2. The third kappa shape index (κ3) is 6.29. The number of amides is 2. The molecular formula is C23H27ClN4O3. The summed E-state index contributed by atoms with van der Waals surface area (Å²) in [7, 11) is 1.64. The zero-order valence-corrected chi connectivity index (χ0v) is 18.3. The van der Waals surface area contributed by atoms with E-state index < -0.39 is 0 Å². The van der Waals surface area contributed by atoms with E-state index >= 15 is 0 Å². The average molecular weight is 443 g/mol. The van der Waals surface area contributed by atoms with Crippen LogP contribution in [0.4, 0.5) is 0 Å². The molecule has 1 heterocycles. The third-order valence-electron chi connectivity index (χ3n) is 4.86. The Kier molecular flexibility index (Phi) is 8.44. The van der Waals surface area contributed by atoms with Gasteiger partial charge in [0.05, 0.1) is 21.6 Å². The lowest BCUT2D eigenvalue weighted by Gasteiger charge is -2.11. The smallest absolute Gasteiger partial charge is 0.252 e. The number of carbonyl (C=O) groups excluding carboxylic acids is 2. The maximum absolute atomic E-state index is 12.4. The molecule has 1 aromatic heterocycles. The fourth-order valence-corrected chi connectivity index (χ4v) is 3.55. The number of carbonyl (C=O) groups is 2. The molecule has 8 heteroatoms. The summed E-state index contributed by atoms with van der Waals surface area (Å²) in [6, 6.07) is 14.7. The van der Waals surface area contributed by atoms with Gasteiger partial charge in [-0.15, -0.1) is 0 Å². The van der Waals surface area contributed by atoms with Gasteiger partial charge in [0.25, 0.3) is 5.91 Å². The number of halogens is 1. The Morgan fingerprint density at radius 1 is 1.03 bits per heavy atom. The maximum Gasteiger partial charge on any atom is 0.252 e. The van der Waals surface area contributed by atoms with Gasteiger partial charge in [0.2, 0.25) is 5.91 Å². The molecule has 0 saturated carbocycles. The van der Waals surface area contributed by atoms with E-state index in [9.17, 15) is 9.59 Å². The van der Waals surface area contributed by atoms with Crippen molar-refractivity contribution in [3.05, 3.63) is 64.9 Å². The highest BCUT2D eigenvalue weighted by Gasteiger charge is 2.14. The first-order valence-electron chi connectivity index (χ1n) is 10.3. The molecule has 2 N–H and O–H groups in total. The number of hydrogen-bond donors (Lipinski definition) is 2. The van der Waals surface area contributed by atoms with Gasteiger partial charge >= 0.3 is 0 Å². The van der Waals surface area contributed by atoms with E-state index in [-0.39, 0.29) is 18.4 Å². The fourth-order valence-electron chi connectivity index (χ4n) is 3.33. The molecule has 3 rings (SSSR count). The molecule has 0 saturated heterocycles. The molecule has 31 heavy (non-hydrogen) atoms. The number of fused-ring (bicyclic) bond motifs is 1. The standard InChI is InChI=1S/C23H27ClN4O3/c1-31-15-7-14-25-22(29)16-28-20-11-5-4-10-19(20)27-21(28)12-6-13-26-23(30)17-8-2-3-9-18(17)24/h2-5,8-11H,6-7,12-16H2,1H3,(H,25,29)(H,26,30). The van der Waals surface area contributed by atoms with E-state index in [1.165, 1.54) is 0 Å². The van der Waals surface area contributed by atoms with Crippen LogP contribution in [0.2, 0.25) is 5.02 Å². The quantitative estimate of drug-likeness (QED) is 0.446. The van der Waals surface area contributed by atoms with E-state index in [1.54, 1.807) is 31.4 Å². The Balaban J connectivity index is 1.59. The summed E-state index contributed by atoms with van der Waals surface area (Å²) >= 11 is 6.08. The van der Waals surface area contributed by atoms with Crippen molar-refractivity contribution in [3.63, 3.8) is 0 Å². The van der Waals surface area contributed by atoms with E-state index in [0.29, 0.717) is 43.1 Å². The summed E-state index contributed by atoms with van der Waals surface area (Å²) in [4.78, 5) is 29.4. The molecular weight excluding hydrogens is 416 g/mol. The number of nitrogens with zero attached hydrogens (tertiary/aromatic N) is 2. The van der Waals surface area contributed by atoms with Gasteiger partial charge in [-0.2, -0.15) is 0 Å². The number of rotatable bonds is 11. The molecule has 2 aromatic carbocycles. The highest BCUT2D eigenvalue weighted by atomic mass is 35.5. The fraction of sp³-hybridized carbons (Fsp3) is 0.348. The van der Waals surface area contributed by atoms with Crippen LogP contribution in [0.3, 0.4) is 0 Å². The molecule has 7 nitrogen and oxygen atoms in total. The molecule has 2 amide bonds. The van der Waals surface area contributed by atoms with Crippen LogP contribution in [0.1, 0.15) is 29.0 Å². The first-order chi connectivity index (χ1) is 15.1. The molecule has 0 bridgehead atoms. The molecule has 0 fully saturated rings. The topological polar surface area (TPSA) is 85.2 Å². The minimum absolute atomic E-state index is 0.0625. The third-order valence-corrected chi connectivity index (χ3v) is 5.19. The maximum atomic E-state index is 12.4. The van der Waals surface area contributed by atoms with Crippen molar-refractivity contribution >= 4 is 34.4 Å². The monoisotopic (exact) mass is 442 g/mol. The number of nitrogens with one attached hydrogen (secondary N) is 2. The number of hydrogen-bond acceptors (Lipinski definition) is 4. The zero-order chi connectivity index (χ0) is 22.1. The molecule has 164 valence electrons. The highest BCUT2D eigenvalue weighted by Crippen LogP contribution is 2.17. The second kappa shape index (κ2) is 11.5. The first kappa shape index (κ1) is 22.8. The number of aryl methyl sites for hydroxylation is 1. The second-order valence-electron chi connectivity index (χ2n) is 7.14. The molecule has 0 aliphatic carbocycles. The van der Waals surface area contributed by atoms with Gasteiger partial charge in [-0.25, -0.2) is 4.98 Å². The predicted molar refractivity (Wildman–Crippen MR) is 121 cm³/mol. The van der Waals surface area contributed by atoms with Crippen LogP contribution in [0.5, 0.6) is 0 Å². The van der Waals surface area contributed by atoms with Crippen molar-refractivity contribution in [3.8, 4) is 0 Å². The van der Waals surface area contributed by atoms with E-state index in [2.05, 4.69) is 10.6 Å². The lowest BCUT2D eigenvalue weighted by Crippen LogP contribution is -2.29. The molecule has 0 unspecified atom stereocenters. The Bertz CT molecular complexity index is 1030. The molecule has 0 aliphatic heterocycles. The van der Waals surface area contributed by atoms with Gasteiger partial charge in [-0.05, 0) is 37.1 Å². The summed E-state index contributed by atoms with van der Waals surface area (Å²) in [5, 5.41) is 6.24. The number of imidazole rings is 1. The summed E-state index contributed by atoms with van der Waals surface area (Å²) < 4.78 is 6.95. The van der Waals surface area contributed by atoms with Crippen LogP contribution in [-0.2, 0) is 22.5 Å². The van der Waals surface area contributed by atoms with Crippen molar-refractivity contribution in [2.24, 2.45) is 0 Å². The SMILES string of the molecule is COCCCNC(=O)Cn1c(CCCNC(=O)c2ccccc2Cl)nc2ccccc21. The van der Waals surface area contributed by atoms with E-state index in [0.717, 1.165) is 23.3 Å². The van der Waals surface area contributed by atoms with Gasteiger partial charge in [-0.1, -0.05) is 35.9 Å². The van der Waals surface area contributed by atoms with Gasteiger partial charge in [0.15, 0.2) is 0 Å². The van der Waals surface area contributed by atoms with Crippen molar-refractivity contribution in [2.75, 3.05) is 26.8 Å². The van der Waals surface area contributed by atoms with Crippen LogP contribution in [0.25, 0.3) is 11.0 Å². The lowest BCUT2D eigenvalue weighted by molar-refractivity contribution is -0.121. The van der Waals surface area contributed by atoms with Crippen LogP contribution >= 0.6 is 11.6 Å². The first-order valence-corrected chi connectivity index (χ1v) is 10.7. The van der Waals surface area contributed by atoms with Crippen molar-refractivity contribution in [1.82, 2.24) is 20.2 Å². The van der Waals surface area contributed by atoms with Crippen molar-refractivity contribution in [1.29, 1.82) is 0 Å². The predicted octanol–water partition coefficient (Wildman–Crippen LogP) is 3.21. The number of ether oxygens (including phenoxy) is 1. The molecule has 3 aromatic rings. The Labute approximate surface area is 186 Å². The van der Waals surface area contributed by atoms with Crippen LogP contribution in [0, 0.1) is 0 Å². The van der Waals surface area contributed by atoms with Crippen LogP contribution < -0.4 is 10.6 Å². The van der Waals surface area contributed by atoms with Crippen molar-refractivity contribution < 1.29 is 14.3 Å². The molecule has 0 aliphatic rings. The van der Waals surface area contributed by atoms with E-state index in [1.807, 2.05) is 28.8 Å². The molecule has 0 radical (unpaired) electrons. The largest absolute Gasteiger partial charge is 0.385 e. The van der Waals surface area contributed by atoms with E-state index in [4.69, 9.17) is 21.3 Å².